The second kappa shape index (κ2) is 5.09. The summed E-state index contributed by atoms with van der Waals surface area (Å²) in [6.07, 6.45) is 1.40. The Morgan fingerprint density at radius 1 is 1.10 bits per heavy atom. The number of ether oxygens (including phenoxy) is 1. The summed E-state index contributed by atoms with van der Waals surface area (Å²) in [5.41, 5.74) is 6.49. The first-order chi connectivity index (χ1) is 9.66. The van der Waals surface area contributed by atoms with E-state index in [2.05, 4.69) is 32.0 Å². The molecule has 0 bridgehead atoms. The third kappa shape index (κ3) is 2.20. The summed E-state index contributed by atoms with van der Waals surface area (Å²) in [7, 11) is 0. The van der Waals surface area contributed by atoms with E-state index < -0.39 is 0 Å². The fourth-order valence-corrected chi connectivity index (χ4v) is 2.52. The lowest BCUT2D eigenvalue weighted by molar-refractivity contribution is 0.456. The number of nitrogens with zero attached hydrogens (tertiary/aromatic N) is 2. The molecule has 2 aromatic carbocycles. The molecule has 0 spiro atoms. The minimum atomic E-state index is 0.423. The molecule has 100 valence electrons. The maximum Gasteiger partial charge on any atom is 0.227 e. The van der Waals surface area contributed by atoms with Crippen LogP contribution in [0.4, 0.5) is 5.82 Å². The van der Waals surface area contributed by atoms with Crippen LogP contribution in [0.5, 0.6) is 11.6 Å². The van der Waals surface area contributed by atoms with E-state index >= 15 is 0 Å². The number of rotatable bonds is 2. The summed E-state index contributed by atoms with van der Waals surface area (Å²) in [4.78, 5) is 8.05. The molecular weight excluding hydrogens is 318 g/mol. The highest BCUT2D eigenvalue weighted by Crippen LogP contribution is 2.36. The Bertz CT molecular complexity index is 789. The Labute approximate surface area is 124 Å². The van der Waals surface area contributed by atoms with Crippen molar-refractivity contribution in [2.24, 2.45) is 0 Å². The average molecular weight is 330 g/mol. The van der Waals surface area contributed by atoms with E-state index in [1.807, 2.05) is 37.3 Å². The van der Waals surface area contributed by atoms with E-state index in [9.17, 15) is 0 Å². The number of hydrogen-bond donors (Lipinski definition) is 1. The topological polar surface area (TPSA) is 61.0 Å². The second-order valence-electron chi connectivity index (χ2n) is 4.39. The molecule has 3 aromatic rings. The molecule has 3 rings (SSSR count). The summed E-state index contributed by atoms with van der Waals surface area (Å²) in [5, 5.41) is 2.23. The molecular formula is C15H12BrN3O. The molecule has 0 radical (unpaired) electrons. The van der Waals surface area contributed by atoms with Gasteiger partial charge in [0, 0.05) is 0 Å². The molecule has 0 saturated heterocycles. The lowest BCUT2D eigenvalue weighted by atomic mass is 10.1. The smallest absolute Gasteiger partial charge is 0.227 e. The van der Waals surface area contributed by atoms with Gasteiger partial charge in [0.05, 0.1) is 10.0 Å². The predicted molar refractivity (Wildman–Crippen MR) is 82.9 cm³/mol. The number of nitrogens with two attached hydrogens (primary N) is 1. The van der Waals surface area contributed by atoms with E-state index in [1.165, 1.54) is 6.33 Å². The molecule has 2 N–H and O–H groups in total. The average Bonchev–Trinajstić information content (AvgIpc) is 2.47. The van der Waals surface area contributed by atoms with Crippen LogP contribution in [0.1, 0.15) is 5.56 Å². The van der Waals surface area contributed by atoms with Gasteiger partial charge >= 0.3 is 0 Å². The molecule has 0 aliphatic heterocycles. The van der Waals surface area contributed by atoms with Crippen LogP contribution in [-0.2, 0) is 0 Å². The molecule has 0 aliphatic carbocycles. The van der Waals surface area contributed by atoms with Crippen LogP contribution >= 0.6 is 15.9 Å². The SMILES string of the molecule is Cc1c(N)ncnc1Oc1ccc2ccccc2c1Br. The second-order valence-corrected chi connectivity index (χ2v) is 5.18. The van der Waals surface area contributed by atoms with Crippen molar-refractivity contribution in [1.82, 2.24) is 9.97 Å². The Morgan fingerprint density at radius 2 is 1.90 bits per heavy atom. The standard InChI is InChI=1S/C15H12BrN3O/c1-9-14(17)18-8-19-15(9)20-12-7-6-10-4-2-3-5-11(10)13(12)16/h2-8H,1H3,(H2,17,18,19). The highest BCUT2D eigenvalue weighted by Gasteiger charge is 2.11. The Hall–Kier alpha value is -2.14. The molecule has 0 aliphatic rings. The van der Waals surface area contributed by atoms with Crippen LogP contribution in [0.2, 0.25) is 0 Å². The normalized spacial score (nSPS) is 10.7. The zero-order valence-corrected chi connectivity index (χ0v) is 12.4. The van der Waals surface area contributed by atoms with Crippen LogP contribution in [0, 0.1) is 6.92 Å². The van der Waals surface area contributed by atoms with E-state index in [1.54, 1.807) is 0 Å². The first kappa shape index (κ1) is 12.9. The zero-order valence-electron chi connectivity index (χ0n) is 10.8. The fourth-order valence-electron chi connectivity index (χ4n) is 1.95. The van der Waals surface area contributed by atoms with Gasteiger partial charge in [0.25, 0.3) is 0 Å². The quantitative estimate of drug-likeness (QED) is 0.769. The summed E-state index contributed by atoms with van der Waals surface area (Å²) >= 11 is 3.58. The lowest BCUT2D eigenvalue weighted by Gasteiger charge is -2.11. The van der Waals surface area contributed by atoms with E-state index in [-0.39, 0.29) is 0 Å². The van der Waals surface area contributed by atoms with Crippen LogP contribution in [0.25, 0.3) is 10.8 Å². The number of aromatic nitrogens is 2. The highest BCUT2D eigenvalue weighted by molar-refractivity contribution is 9.10. The molecule has 4 nitrogen and oxygen atoms in total. The number of anilines is 1. The van der Waals surface area contributed by atoms with Gasteiger partial charge in [-0.05, 0) is 39.7 Å². The number of benzene rings is 2. The first-order valence-corrected chi connectivity index (χ1v) is 6.88. The van der Waals surface area contributed by atoms with Gasteiger partial charge in [0.1, 0.15) is 17.9 Å². The summed E-state index contributed by atoms with van der Waals surface area (Å²) in [6.45, 7) is 1.83. The largest absolute Gasteiger partial charge is 0.437 e. The van der Waals surface area contributed by atoms with Gasteiger partial charge in [-0.15, -0.1) is 0 Å². The van der Waals surface area contributed by atoms with Gasteiger partial charge in [0.2, 0.25) is 5.88 Å². The van der Waals surface area contributed by atoms with Crippen molar-refractivity contribution in [3.8, 4) is 11.6 Å². The van der Waals surface area contributed by atoms with Crippen molar-refractivity contribution < 1.29 is 4.74 Å². The molecule has 5 heteroatoms. The van der Waals surface area contributed by atoms with Crippen molar-refractivity contribution in [2.75, 3.05) is 5.73 Å². The molecule has 1 aromatic heterocycles. The van der Waals surface area contributed by atoms with E-state index in [0.29, 0.717) is 17.4 Å². The van der Waals surface area contributed by atoms with Gasteiger partial charge in [-0.2, -0.15) is 0 Å². The number of fused-ring (bicyclic) bond motifs is 1. The Kier molecular flexibility index (Phi) is 3.28. The van der Waals surface area contributed by atoms with Crippen LogP contribution < -0.4 is 10.5 Å². The Balaban J connectivity index is 2.07. The Morgan fingerprint density at radius 3 is 2.75 bits per heavy atom. The van der Waals surface area contributed by atoms with Gasteiger partial charge in [0.15, 0.2) is 0 Å². The third-order valence-electron chi connectivity index (χ3n) is 3.11. The van der Waals surface area contributed by atoms with Gasteiger partial charge in [-0.1, -0.05) is 30.3 Å². The van der Waals surface area contributed by atoms with Crippen LogP contribution in [-0.4, -0.2) is 9.97 Å². The van der Waals surface area contributed by atoms with Crippen LogP contribution in [0.15, 0.2) is 47.2 Å². The van der Waals surface area contributed by atoms with E-state index in [4.69, 9.17) is 10.5 Å². The van der Waals surface area contributed by atoms with Gasteiger partial charge in [-0.3, -0.25) is 0 Å². The molecule has 1 heterocycles. The van der Waals surface area contributed by atoms with Crippen molar-refractivity contribution in [1.29, 1.82) is 0 Å². The minimum absolute atomic E-state index is 0.423. The zero-order chi connectivity index (χ0) is 14.1. The van der Waals surface area contributed by atoms with Gasteiger partial charge < -0.3 is 10.5 Å². The lowest BCUT2D eigenvalue weighted by Crippen LogP contribution is -1.99. The maximum atomic E-state index is 5.85. The predicted octanol–water partition coefficient (Wildman–Crippen LogP) is 4.08. The molecule has 0 atom stereocenters. The number of nitrogen functional groups attached to an aromatic ring is 1. The molecule has 0 saturated carbocycles. The van der Waals surface area contributed by atoms with E-state index in [0.717, 1.165) is 20.8 Å². The van der Waals surface area contributed by atoms with Crippen molar-refractivity contribution in [3.63, 3.8) is 0 Å². The number of hydrogen-bond acceptors (Lipinski definition) is 4. The number of halogens is 1. The summed E-state index contributed by atoms with van der Waals surface area (Å²) in [6, 6.07) is 12.0. The third-order valence-corrected chi connectivity index (χ3v) is 3.93. The molecule has 0 unspecified atom stereocenters. The minimum Gasteiger partial charge on any atom is -0.437 e. The van der Waals surface area contributed by atoms with Crippen molar-refractivity contribution in [3.05, 3.63) is 52.8 Å². The van der Waals surface area contributed by atoms with Crippen molar-refractivity contribution >= 4 is 32.5 Å². The molecule has 20 heavy (non-hydrogen) atoms. The monoisotopic (exact) mass is 329 g/mol. The van der Waals surface area contributed by atoms with Gasteiger partial charge in [-0.25, -0.2) is 9.97 Å². The van der Waals surface area contributed by atoms with Crippen molar-refractivity contribution in [2.45, 2.75) is 6.92 Å². The first-order valence-electron chi connectivity index (χ1n) is 6.09. The molecule has 0 fully saturated rings. The fraction of sp³-hybridized carbons (Fsp3) is 0.0667. The highest BCUT2D eigenvalue weighted by atomic mass is 79.9. The van der Waals surface area contributed by atoms with Crippen LogP contribution in [0.3, 0.4) is 0 Å². The maximum absolute atomic E-state index is 5.85. The summed E-state index contributed by atoms with van der Waals surface area (Å²) in [5.74, 6) is 1.59. The summed E-state index contributed by atoms with van der Waals surface area (Å²) < 4.78 is 6.75. The molecule has 0 amide bonds.